The molecule has 0 spiro atoms. The molecule has 0 unspecified atom stereocenters. The van der Waals surface area contributed by atoms with Crippen LogP contribution in [0.5, 0.6) is 0 Å². The molecule has 0 fully saturated rings. The van der Waals surface area contributed by atoms with Gasteiger partial charge in [-0.1, -0.05) is 0 Å². The Balaban J connectivity index is -0.00000000800. The van der Waals surface area contributed by atoms with Crippen molar-refractivity contribution in [2.45, 2.75) is 0 Å². The van der Waals surface area contributed by atoms with E-state index >= 15 is 0 Å². The maximum Gasteiger partial charge on any atom is 1.00 e. The summed E-state index contributed by atoms with van der Waals surface area (Å²) >= 11 is 0. The largest absolute Gasteiger partial charge is 1.00 e. The van der Waals surface area contributed by atoms with Crippen LogP contribution in [0.15, 0.2) is 0 Å². The van der Waals surface area contributed by atoms with Crippen molar-refractivity contribution < 1.29 is 81.2 Å². The van der Waals surface area contributed by atoms with Crippen LogP contribution in [-0.2, 0) is 4.57 Å². The molecule has 0 bridgehead atoms. The molecular weight excluding hydrogens is 176 g/mol. The molecule has 0 rings (SSSR count). The first-order chi connectivity index (χ1) is 2.00. The first kappa shape index (κ1) is 22.4. The van der Waals surface area contributed by atoms with Gasteiger partial charge in [0.05, 0.1) is 0 Å². The first-order valence-electron chi connectivity index (χ1n) is 0.783. The summed E-state index contributed by atoms with van der Waals surface area (Å²) in [6, 6.07) is 0. The Bertz CT molecular complexity index is 67.4. The topological polar surface area (TPSA) is 77.8 Å². The number of rotatable bonds is 0. The molecule has 0 radical (unpaired) electrons. The number of hydrogen-bond acceptors (Lipinski definition) is 1. The molecule has 0 aromatic heterocycles. The molecule has 3 N–H and O–H groups in total. The number of hydrogen-bond donors (Lipinski definition) is 3. The van der Waals surface area contributed by atoms with E-state index in [1.54, 1.807) is 0 Å². The van der Waals surface area contributed by atoms with Crippen LogP contribution in [0.4, 0.5) is 0 Å². The molecule has 4 nitrogen and oxygen atoms in total. The normalized spacial score (nSPS) is 7.38. The Kier molecular flexibility index (Phi) is 26.4. The van der Waals surface area contributed by atoms with E-state index in [1.807, 2.05) is 0 Å². The number of halogens is 1. The Hall–Kier alpha value is 2.40. The molecule has 44 valence electrons. The van der Waals surface area contributed by atoms with Crippen LogP contribution >= 0.6 is 20.2 Å². The summed E-state index contributed by atoms with van der Waals surface area (Å²) in [5.41, 5.74) is 0. The standard InChI is InChI=1S/ClH.2Na.H3O4P.2H/c;;;1-5(2,3)4;;/h1H;;;(H3,1,2,3,4);;/q;2*+1;;2*-1. The average molecular weight is 182 g/mol. The smallest absolute Gasteiger partial charge is 1.00 e. The van der Waals surface area contributed by atoms with E-state index in [9.17, 15) is 0 Å². The van der Waals surface area contributed by atoms with Gasteiger partial charge in [-0.2, -0.15) is 0 Å². The van der Waals surface area contributed by atoms with Crippen LogP contribution < -0.4 is 59.1 Å². The second-order valence-electron chi connectivity index (χ2n) is 0.513. The van der Waals surface area contributed by atoms with Gasteiger partial charge in [-0.3, -0.25) is 0 Å². The molecule has 0 aromatic rings. The summed E-state index contributed by atoms with van der Waals surface area (Å²) in [4.78, 5) is 21.6. The van der Waals surface area contributed by atoms with Crippen LogP contribution in [0.3, 0.4) is 0 Å². The van der Waals surface area contributed by atoms with Crippen LogP contribution in [0, 0.1) is 0 Å². The van der Waals surface area contributed by atoms with E-state index in [0.717, 1.165) is 0 Å². The van der Waals surface area contributed by atoms with Crippen molar-refractivity contribution in [1.29, 1.82) is 0 Å². The predicted molar refractivity (Wildman–Crippen MR) is 23.7 cm³/mol. The zero-order valence-corrected chi connectivity index (χ0v) is 10.3. The van der Waals surface area contributed by atoms with Gasteiger partial charge in [-0.15, -0.1) is 12.4 Å². The van der Waals surface area contributed by atoms with Crippen molar-refractivity contribution in [2.75, 3.05) is 0 Å². The Morgan fingerprint density at radius 3 is 1.12 bits per heavy atom. The van der Waals surface area contributed by atoms with Crippen molar-refractivity contribution in [3.05, 3.63) is 0 Å². The molecule has 0 heterocycles. The minimum atomic E-state index is -4.64. The van der Waals surface area contributed by atoms with Crippen molar-refractivity contribution >= 4 is 20.2 Å². The van der Waals surface area contributed by atoms with Gasteiger partial charge >= 0.3 is 66.9 Å². The summed E-state index contributed by atoms with van der Waals surface area (Å²) in [7, 11) is -4.64. The van der Waals surface area contributed by atoms with Crippen molar-refractivity contribution in [1.82, 2.24) is 0 Å². The Morgan fingerprint density at radius 2 is 1.12 bits per heavy atom. The van der Waals surface area contributed by atoms with Crippen LogP contribution in [0.2, 0.25) is 0 Å². The van der Waals surface area contributed by atoms with Crippen molar-refractivity contribution in [3.63, 3.8) is 0 Å². The molecule has 0 aliphatic rings. The monoisotopic (exact) mass is 182 g/mol. The van der Waals surface area contributed by atoms with Crippen LogP contribution in [0.1, 0.15) is 2.85 Å². The zero-order chi connectivity index (χ0) is 4.50. The van der Waals surface area contributed by atoms with Gasteiger partial charge in [0.15, 0.2) is 0 Å². The third-order valence-electron chi connectivity index (χ3n) is 0. The summed E-state index contributed by atoms with van der Waals surface area (Å²) in [6.45, 7) is 0. The van der Waals surface area contributed by atoms with Gasteiger partial charge in [-0.25, -0.2) is 4.57 Å². The predicted octanol–water partition coefficient (Wildman–Crippen LogP) is -6.27. The first-order valence-corrected chi connectivity index (χ1v) is 2.35. The van der Waals surface area contributed by atoms with Crippen molar-refractivity contribution in [3.8, 4) is 0 Å². The molecule has 8 heavy (non-hydrogen) atoms. The van der Waals surface area contributed by atoms with E-state index in [1.165, 1.54) is 0 Å². The SMILES string of the molecule is Cl.O=P(O)(O)O.[H-].[H-].[Na+].[Na+]. The molecule has 0 amide bonds. The summed E-state index contributed by atoms with van der Waals surface area (Å²) < 4.78 is 8.88. The summed E-state index contributed by atoms with van der Waals surface area (Å²) in [5.74, 6) is 0. The van der Waals surface area contributed by atoms with Gasteiger partial charge < -0.3 is 17.5 Å². The zero-order valence-electron chi connectivity index (χ0n) is 6.61. The van der Waals surface area contributed by atoms with Gasteiger partial charge in [0.25, 0.3) is 0 Å². The fourth-order valence-corrected chi connectivity index (χ4v) is 0. The maximum atomic E-state index is 8.88. The van der Waals surface area contributed by atoms with Gasteiger partial charge in [0.1, 0.15) is 0 Å². The number of phosphoric acid groups is 1. The minimum absolute atomic E-state index is 0. The minimum Gasteiger partial charge on any atom is -1.00 e. The van der Waals surface area contributed by atoms with E-state index in [0.29, 0.717) is 0 Å². The molecule has 0 aliphatic carbocycles. The van der Waals surface area contributed by atoms with E-state index < -0.39 is 7.82 Å². The molecule has 0 atom stereocenters. The third kappa shape index (κ3) is 79.9. The summed E-state index contributed by atoms with van der Waals surface area (Å²) in [5, 5.41) is 0. The van der Waals surface area contributed by atoms with E-state index in [2.05, 4.69) is 0 Å². The molecular formula is H6ClNa2O4P. The fraction of sp³-hybridized carbons (Fsp3) is 0. The van der Waals surface area contributed by atoms with Crippen molar-refractivity contribution in [2.24, 2.45) is 0 Å². The van der Waals surface area contributed by atoms with Crippen LogP contribution in [0.25, 0.3) is 0 Å². The second-order valence-corrected chi connectivity index (χ2v) is 1.54. The van der Waals surface area contributed by atoms with Crippen LogP contribution in [-0.4, -0.2) is 14.7 Å². The maximum absolute atomic E-state index is 8.88. The third-order valence-corrected chi connectivity index (χ3v) is 0. The molecule has 0 saturated carbocycles. The molecule has 8 heteroatoms. The summed E-state index contributed by atoms with van der Waals surface area (Å²) in [6.07, 6.45) is 0. The second kappa shape index (κ2) is 9.40. The quantitative estimate of drug-likeness (QED) is 0.257. The van der Waals surface area contributed by atoms with Gasteiger partial charge in [0, 0.05) is 0 Å². The molecule has 0 aromatic carbocycles. The average Bonchev–Trinajstić information content (AvgIpc) is 0.722. The Labute approximate surface area is 100 Å². The van der Waals surface area contributed by atoms with E-state index in [4.69, 9.17) is 19.2 Å². The fourth-order valence-electron chi connectivity index (χ4n) is 0. The molecule has 0 saturated heterocycles. The van der Waals surface area contributed by atoms with E-state index in [-0.39, 0.29) is 74.4 Å². The molecule has 0 aliphatic heterocycles. The van der Waals surface area contributed by atoms with Gasteiger partial charge in [-0.05, 0) is 0 Å². The van der Waals surface area contributed by atoms with Gasteiger partial charge in [0.2, 0.25) is 0 Å². The Morgan fingerprint density at radius 1 is 1.12 bits per heavy atom.